The SMILES string of the molecule is CCOC(=O)[C@H]1ON2O[C@@H](C(=O)c3ccccc3)[C@@H]3c4c(ccc5ccccc45)O[C@H]1[C@@H]32. The first kappa shape index (κ1) is 19.4. The van der Waals surface area contributed by atoms with Gasteiger partial charge in [-0.2, -0.15) is 0 Å². The van der Waals surface area contributed by atoms with Gasteiger partial charge in [0.05, 0.1) is 6.61 Å². The van der Waals surface area contributed by atoms with E-state index < -0.39 is 30.3 Å². The second-order valence-corrected chi connectivity index (χ2v) is 8.12. The largest absolute Gasteiger partial charge is 0.485 e. The fraction of sp³-hybridized carbons (Fsp3) is 0.280. The summed E-state index contributed by atoms with van der Waals surface area (Å²) in [6.07, 6.45) is -2.42. The molecule has 5 atom stereocenters. The maximum absolute atomic E-state index is 13.5. The zero-order valence-corrected chi connectivity index (χ0v) is 17.3. The van der Waals surface area contributed by atoms with E-state index in [9.17, 15) is 9.59 Å². The van der Waals surface area contributed by atoms with Crippen molar-refractivity contribution in [1.82, 2.24) is 5.23 Å². The van der Waals surface area contributed by atoms with Gasteiger partial charge in [-0.25, -0.2) is 4.79 Å². The fourth-order valence-electron chi connectivity index (χ4n) is 5.03. The van der Waals surface area contributed by atoms with Crippen molar-refractivity contribution >= 4 is 22.5 Å². The summed E-state index contributed by atoms with van der Waals surface area (Å²) >= 11 is 0. The minimum atomic E-state index is -0.963. The molecule has 7 nitrogen and oxygen atoms in total. The van der Waals surface area contributed by atoms with Crippen molar-refractivity contribution in [2.75, 3.05) is 6.61 Å². The normalized spacial score (nSPS) is 28.1. The van der Waals surface area contributed by atoms with Crippen LogP contribution in [0.5, 0.6) is 5.75 Å². The van der Waals surface area contributed by atoms with Crippen molar-refractivity contribution in [3.8, 4) is 5.75 Å². The van der Waals surface area contributed by atoms with E-state index in [-0.39, 0.29) is 18.3 Å². The Bertz CT molecular complexity index is 1210. The van der Waals surface area contributed by atoms with E-state index in [1.54, 1.807) is 19.1 Å². The lowest BCUT2D eigenvalue weighted by Gasteiger charge is -2.34. The van der Waals surface area contributed by atoms with E-state index in [2.05, 4.69) is 0 Å². The van der Waals surface area contributed by atoms with Crippen molar-refractivity contribution in [2.45, 2.75) is 37.2 Å². The molecule has 3 aliphatic heterocycles. The van der Waals surface area contributed by atoms with E-state index >= 15 is 0 Å². The minimum absolute atomic E-state index is 0.138. The molecule has 0 unspecified atom stereocenters. The van der Waals surface area contributed by atoms with E-state index in [1.807, 2.05) is 54.6 Å². The molecule has 0 aromatic heterocycles. The molecule has 0 aliphatic carbocycles. The Hall–Kier alpha value is -3.26. The molecule has 6 rings (SSSR count). The third-order valence-electron chi connectivity index (χ3n) is 6.37. The standard InChI is InChI=1S/C25H21NO6/c1-2-29-25(28)24-23-20-19(18-16-11-7-6-8-14(16)12-13-17(18)30-23)22(31-26(20)32-24)21(27)15-9-4-3-5-10-15/h3-13,19-20,22-24H,2H2,1H3/t19-,20-,22-,23+,24+/m1/s1. The summed E-state index contributed by atoms with van der Waals surface area (Å²) < 4.78 is 11.5. The second kappa shape index (κ2) is 7.41. The first-order chi connectivity index (χ1) is 15.7. The van der Waals surface area contributed by atoms with Crippen LogP contribution in [0.3, 0.4) is 0 Å². The van der Waals surface area contributed by atoms with Crippen LogP contribution in [0.1, 0.15) is 28.8 Å². The maximum Gasteiger partial charge on any atom is 0.341 e. The van der Waals surface area contributed by atoms with Gasteiger partial charge in [0.25, 0.3) is 0 Å². The van der Waals surface area contributed by atoms with Crippen LogP contribution in [-0.4, -0.2) is 47.9 Å². The molecule has 2 saturated heterocycles. The van der Waals surface area contributed by atoms with E-state index in [0.717, 1.165) is 16.3 Å². The predicted molar refractivity (Wildman–Crippen MR) is 114 cm³/mol. The molecule has 3 aromatic carbocycles. The number of hydrogen-bond donors (Lipinski definition) is 0. The fourth-order valence-corrected chi connectivity index (χ4v) is 5.03. The molecule has 3 heterocycles. The Morgan fingerprint density at radius 1 is 0.938 bits per heavy atom. The molecule has 0 amide bonds. The predicted octanol–water partition coefficient (Wildman–Crippen LogP) is 3.43. The van der Waals surface area contributed by atoms with Crippen LogP contribution in [0.2, 0.25) is 0 Å². The zero-order chi connectivity index (χ0) is 21.8. The summed E-state index contributed by atoms with van der Waals surface area (Å²) in [5, 5.41) is 3.32. The van der Waals surface area contributed by atoms with Gasteiger partial charge in [0.2, 0.25) is 6.10 Å². The zero-order valence-electron chi connectivity index (χ0n) is 17.3. The van der Waals surface area contributed by atoms with Crippen LogP contribution in [0.25, 0.3) is 10.8 Å². The Morgan fingerprint density at radius 3 is 2.50 bits per heavy atom. The summed E-state index contributed by atoms with van der Waals surface area (Å²) in [4.78, 5) is 37.9. The Kier molecular flexibility index (Phi) is 4.50. The van der Waals surface area contributed by atoms with E-state index in [1.165, 1.54) is 5.23 Å². The highest BCUT2D eigenvalue weighted by Crippen LogP contribution is 2.52. The van der Waals surface area contributed by atoms with Crippen LogP contribution in [0.15, 0.2) is 66.7 Å². The molecule has 0 spiro atoms. The van der Waals surface area contributed by atoms with Crippen LogP contribution >= 0.6 is 0 Å². The maximum atomic E-state index is 13.5. The molecule has 0 N–H and O–H groups in total. The van der Waals surface area contributed by atoms with Gasteiger partial charge in [0, 0.05) is 17.0 Å². The van der Waals surface area contributed by atoms with Gasteiger partial charge in [-0.3, -0.25) is 14.5 Å². The Morgan fingerprint density at radius 2 is 1.69 bits per heavy atom. The lowest BCUT2D eigenvalue weighted by molar-refractivity contribution is -0.347. The number of nitrogens with zero attached hydrogens (tertiary/aromatic N) is 1. The number of carbonyl (C=O) groups is 2. The van der Waals surface area contributed by atoms with Crippen molar-refractivity contribution < 1.29 is 28.7 Å². The highest BCUT2D eigenvalue weighted by atomic mass is 17.0. The summed E-state index contributed by atoms with van der Waals surface area (Å²) in [6.45, 7) is 1.97. The molecule has 0 radical (unpaired) electrons. The number of fused-ring (bicyclic) bond motifs is 4. The molecule has 32 heavy (non-hydrogen) atoms. The molecular formula is C25H21NO6. The number of hydroxylamine groups is 2. The molecule has 7 heteroatoms. The van der Waals surface area contributed by atoms with Gasteiger partial charge >= 0.3 is 5.97 Å². The van der Waals surface area contributed by atoms with Crippen molar-refractivity contribution in [2.24, 2.45) is 0 Å². The number of benzene rings is 3. The van der Waals surface area contributed by atoms with Gasteiger partial charge in [-0.1, -0.05) is 65.9 Å². The topological polar surface area (TPSA) is 74.3 Å². The number of rotatable bonds is 4. The number of esters is 1. The molecule has 3 aliphatic rings. The van der Waals surface area contributed by atoms with Crippen molar-refractivity contribution in [3.63, 3.8) is 0 Å². The number of Topliss-reactive ketones (excluding diaryl/α,β-unsaturated/α-hetero) is 1. The number of ketones is 1. The van der Waals surface area contributed by atoms with Crippen molar-refractivity contribution in [1.29, 1.82) is 0 Å². The summed E-state index contributed by atoms with van der Waals surface area (Å²) in [6, 6.07) is 20.5. The lowest BCUT2D eigenvalue weighted by atomic mass is 9.77. The molecule has 3 aromatic rings. The highest BCUT2D eigenvalue weighted by Gasteiger charge is 2.64. The van der Waals surface area contributed by atoms with Gasteiger partial charge in [0.1, 0.15) is 11.8 Å². The average molecular weight is 431 g/mol. The summed E-state index contributed by atoms with van der Waals surface area (Å²) in [7, 11) is 0. The summed E-state index contributed by atoms with van der Waals surface area (Å²) in [5.74, 6) is -0.390. The highest BCUT2D eigenvalue weighted by molar-refractivity contribution is 6.01. The Labute approximate surface area is 184 Å². The molecule has 2 fully saturated rings. The van der Waals surface area contributed by atoms with Gasteiger partial charge in [-0.15, -0.1) is 0 Å². The average Bonchev–Trinajstić information content (AvgIpc) is 3.39. The third kappa shape index (κ3) is 2.79. The van der Waals surface area contributed by atoms with E-state index in [4.69, 9.17) is 19.1 Å². The van der Waals surface area contributed by atoms with Crippen molar-refractivity contribution in [3.05, 3.63) is 77.9 Å². The van der Waals surface area contributed by atoms with Gasteiger partial charge < -0.3 is 9.47 Å². The van der Waals surface area contributed by atoms with Crippen LogP contribution in [0.4, 0.5) is 0 Å². The molecule has 0 bridgehead atoms. The van der Waals surface area contributed by atoms with Crippen LogP contribution in [0, 0.1) is 0 Å². The van der Waals surface area contributed by atoms with Crippen LogP contribution < -0.4 is 4.74 Å². The first-order valence-electron chi connectivity index (χ1n) is 10.7. The minimum Gasteiger partial charge on any atom is -0.485 e. The quantitative estimate of drug-likeness (QED) is 0.463. The molecule has 0 saturated carbocycles. The van der Waals surface area contributed by atoms with Gasteiger partial charge in [-0.05, 0) is 23.8 Å². The summed E-state index contributed by atoms with van der Waals surface area (Å²) in [5.41, 5.74) is 1.46. The first-order valence-corrected chi connectivity index (χ1v) is 10.7. The monoisotopic (exact) mass is 431 g/mol. The van der Waals surface area contributed by atoms with Gasteiger partial charge in [0.15, 0.2) is 18.0 Å². The smallest absolute Gasteiger partial charge is 0.341 e. The molecule has 162 valence electrons. The number of carbonyl (C=O) groups excluding carboxylic acids is 2. The number of hydrogen-bond acceptors (Lipinski definition) is 7. The second-order valence-electron chi connectivity index (χ2n) is 8.12. The van der Waals surface area contributed by atoms with E-state index in [0.29, 0.717) is 11.3 Å². The van der Waals surface area contributed by atoms with Crippen LogP contribution in [-0.2, 0) is 19.2 Å². The number of ether oxygens (including phenoxy) is 2. The Balaban J connectivity index is 1.50. The lowest BCUT2D eigenvalue weighted by Crippen LogP contribution is -2.48. The third-order valence-corrected chi connectivity index (χ3v) is 6.37. The molecular weight excluding hydrogens is 410 g/mol.